The van der Waals surface area contributed by atoms with Gasteiger partial charge in [0.15, 0.2) is 12.4 Å². The summed E-state index contributed by atoms with van der Waals surface area (Å²) in [7, 11) is 0. The molecule has 0 bridgehead atoms. The zero-order chi connectivity index (χ0) is 20.7. The van der Waals surface area contributed by atoms with Crippen molar-refractivity contribution < 1.29 is 18.7 Å². The molecule has 0 unspecified atom stereocenters. The molecule has 0 amide bonds. The highest BCUT2D eigenvalue weighted by Crippen LogP contribution is 2.36. The lowest BCUT2D eigenvalue weighted by Gasteiger charge is -2.07. The normalized spacial score (nSPS) is 11.7. The summed E-state index contributed by atoms with van der Waals surface area (Å²) >= 11 is 0. The van der Waals surface area contributed by atoms with Gasteiger partial charge in [-0.05, 0) is 46.9 Å². The first kappa shape index (κ1) is 18.1. The molecule has 1 aliphatic carbocycles. The maximum Gasteiger partial charge on any atom is 0.351 e. The van der Waals surface area contributed by atoms with E-state index in [0.29, 0.717) is 16.5 Å². The maximum atomic E-state index is 12.6. The van der Waals surface area contributed by atoms with Gasteiger partial charge in [0.2, 0.25) is 0 Å². The average Bonchev–Trinajstić information content (AvgIpc) is 3.14. The molecule has 0 fully saturated rings. The number of hydrogen-bond acceptors (Lipinski definition) is 5. The molecule has 4 aromatic rings. The predicted octanol–water partition coefficient (Wildman–Crippen LogP) is 4.40. The lowest BCUT2D eigenvalue weighted by Crippen LogP contribution is -2.20. The molecule has 30 heavy (non-hydrogen) atoms. The van der Waals surface area contributed by atoms with Crippen molar-refractivity contribution >= 4 is 22.7 Å². The first-order valence-electron chi connectivity index (χ1n) is 9.54. The quantitative estimate of drug-likeness (QED) is 0.256. The first-order valence-corrected chi connectivity index (χ1v) is 9.54. The third-order valence-corrected chi connectivity index (χ3v) is 5.32. The third kappa shape index (κ3) is 3.10. The molecule has 0 saturated carbocycles. The molecule has 5 rings (SSSR count). The van der Waals surface area contributed by atoms with Crippen LogP contribution >= 0.6 is 0 Å². The Labute approximate surface area is 171 Å². The van der Waals surface area contributed by atoms with Gasteiger partial charge in [-0.3, -0.25) is 4.79 Å². The van der Waals surface area contributed by atoms with Crippen LogP contribution in [0.3, 0.4) is 0 Å². The molecular weight excluding hydrogens is 380 g/mol. The van der Waals surface area contributed by atoms with Gasteiger partial charge < -0.3 is 9.15 Å². The van der Waals surface area contributed by atoms with E-state index in [1.165, 1.54) is 17.2 Å². The number of benzene rings is 3. The highest BCUT2D eigenvalue weighted by atomic mass is 16.5. The van der Waals surface area contributed by atoms with Crippen molar-refractivity contribution in [3.05, 3.63) is 105 Å². The van der Waals surface area contributed by atoms with Gasteiger partial charge in [0.25, 0.3) is 0 Å². The van der Waals surface area contributed by atoms with Gasteiger partial charge >= 0.3 is 11.6 Å². The van der Waals surface area contributed by atoms with Crippen LogP contribution in [-0.2, 0) is 11.2 Å². The first-order chi connectivity index (χ1) is 14.6. The van der Waals surface area contributed by atoms with E-state index in [4.69, 9.17) is 9.15 Å². The second-order valence-corrected chi connectivity index (χ2v) is 7.19. The van der Waals surface area contributed by atoms with Crippen molar-refractivity contribution in [1.29, 1.82) is 0 Å². The van der Waals surface area contributed by atoms with E-state index in [1.54, 1.807) is 30.3 Å². The number of ether oxygens (including phenoxy) is 1. The highest BCUT2D eigenvalue weighted by molar-refractivity contribution is 6.01. The van der Waals surface area contributed by atoms with Gasteiger partial charge in [-0.15, -0.1) is 0 Å². The van der Waals surface area contributed by atoms with Crippen LogP contribution in [-0.4, -0.2) is 18.4 Å². The Kier molecular flexibility index (Phi) is 4.29. The third-order valence-electron chi connectivity index (χ3n) is 5.32. The van der Waals surface area contributed by atoms with Crippen LogP contribution in [0.25, 0.3) is 22.1 Å². The van der Waals surface area contributed by atoms with Crippen LogP contribution in [0.1, 0.15) is 31.8 Å². The standard InChI is InChI=1S/C25H16O5/c26-22(17-10-9-16-11-15-5-1-3-7-19(15)20(16)12-17)14-29-24(27)21-13-18-6-2-4-8-23(18)30-25(21)28/h1-10,12-13H,11,14H2. The Bertz CT molecular complexity index is 1380. The number of fused-ring (bicyclic) bond motifs is 4. The van der Waals surface area contributed by atoms with Crippen molar-refractivity contribution in [2.75, 3.05) is 6.61 Å². The Morgan fingerprint density at radius 1 is 0.867 bits per heavy atom. The molecule has 146 valence electrons. The van der Waals surface area contributed by atoms with Gasteiger partial charge in [0, 0.05) is 10.9 Å². The molecule has 1 aliphatic rings. The SMILES string of the molecule is O=C(COC(=O)c1cc2ccccc2oc1=O)c1ccc2c(c1)-c1ccccc1C2. The van der Waals surface area contributed by atoms with Crippen molar-refractivity contribution in [1.82, 2.24) is 0 Å². The van der Waals surface area contributed by atoms with Crippen LogP contribution in [0, 0.1) is 0 Å². The minimum absolute atomic E-state index is 0.232. The van der Waals surface area contributed by atoms with Crippen molar-refractivity contribution in [3.8, 4) is 11.1 Å². The molecular formula is C25H16O5. The van der Waals surface area contributed by atoms with Crippen LogP contribution in [0.5, 0.6) is 0 Å². The fourth-order valence-corrected chi connectivity index (χ4v) is 3.79. The smallest absolute Gasteiger partial charge is 0.351 e. The van der Waals surface area contributed by atoms with E-state index in [1.807, 2.05) is 30.3 Å². The van der Waals surface area contributed by atoms with E-state index in [9.17, 15) is 14.4 Å². The van der Waals surface area contributed by atoms with Crippen LogP contribution in [0.4, 0.5) is 0 Å². The summed E-state index contributed by atoms with van der Waals surface area (Å²) in [5.41, 5.74) is 4.36. The van der Waals surface area contributed by atoms with Gasteiger partial charge in [-0.2, -0.15) is 0 Å². The summed E-state index contributed by atoms with van der Waals surface area (Å²) in [5, 5.41) is 0.604. The molecule has 0 radical (unpaired) electrons. The molecule has 0 atom stereocenters. The maximum absolute atomic E-state index is 12.6. The van der Waals surface area contributed by atoms with Crippen LogP contribution < -0.4 is 5.63 Å². The molecule has 1 aromatic heterocycles. The minimum atomic E-state index is -0.880. The van der Waals surface area contributed by atoms with E-state index in [0.717, 1.165) is 17.5 Å². The summed E-state index contributed by atoms with van der Waals surface area (Å²) in [6.07, 6.45) is 0.840. The number of ketones is 1. The molecule has 0 spiro atoms. The van der Waals surface area contributed by atoms with E-state index in [2.05, 4.69) is 6.07 Å². The summed E-state index contributed by atoms with van der Waals surface area (Å²) in [5.74, 6) is -1.21. The molecule has 0 aliphatic heterocycles. The molecule has 5 nitrogen and oxygen atoms in total. The summed E-state index contributed by atoms with van der Waals surface area (Å²) in [6.45, 7) is -0.453. The molecule has 0 N–H and O–H groups in total. The molecule has 5 heteroatoms. The summed E-state index contributed by atoms with van der Waals surface area (Å²) in [6, 6.07) is 21.9. The largest absolute Gasteiger partial charge is 0.453 e. The van der Waals surface area contributed by atoms with Gasteiger partial charge in [-0.1, -0.05) is 54.6 Å². The highest BCUT2D eigenvalue weighted by Gasteiger charge is 2.21. The van der Waals surface area contributed by atoms with Crippen molar-refractivity contribution in [2.24, 2.45) is 0 Å². The second-order valence-electron chi connectivity index (χ2n) is 7.19. The Morgan fingerprint density at radius 3 is 2.53 bits per heavy atom. The van der Waals surface area contributed by atoms with Crippen molar-refractivity contribution in [2.45, 2.75) is 6.42 Å². The number of esters is 1. The number of carbonyl (C=O) groups excluding carboxylic acids is 2. The number of Topliss-reactive ketones (excluding diaryl/α,β-unsaturated/α-hetero) is 1. The second kappa shape index (κ2) is 7.12. The Balaban J connectivity index is 1.34. The zero-order valence-corrected chi connectivity index (χ0v) is 15.9. The van der Waals surface area contributed by atoms with Crippen molar-refractivity contribution in [3.63, 3.8) is 0 Å². The summed E-state index contributed by atoms with van der Waals surface area (Å²) in [4.78, 5) is 37.1. The predicted molar refractivity (Wildman–Crippen MR) is 112 cm³/mol. The number of hydrogen-bond donors (Lipinski definition) is 0. The lowest BCUT2D eigenvalue weighted by atomic mass is 10.0. The Morgan fingerprint density at radius 2 is 1.63 bits per heavy atom. The van der Waals surface area contributed by atoms with E-state index in [-0.39, 0.29) is 11.3 Å². The molecule has 3 aromatic carbocycles. The molecule has 1 heterocycles. The van der Waals surface area contributed by atoms with Gasteiger partial charge in [-0.25, -0.2) is 9.59 Å². The number of para-hydroxylation sites is 1. The summed E-state index contributed by atoms with van der Waals surface area (Å²) < 4.78 is 10.3. The topological polar surface area (TPSA) is 73.6 Å². The monoisotopic (exact) mass is 396 g/mol. The molecule has 0 saturated heterocycles. The van der Waals surface area contributed by atoms with E-state index < -0.39 is 18.2 Å². The van der Waals surface area contributed by atoms with Crippen LogP contribution in [0.2, 0.25) is 0 Å². The number of rotatable bonds is 4. The minimum Gasteiger partial charge on any atom is -0.453 e. The fourth-order valence-electron chi connectivity index (χ4n) is 3.79. The number of carbonyl (C=O) groups is 2. The average molecular weight is 396 g/mol. The lowest BCUT2D eigenvalue weighted by molar-refractivity contribution is 0.0471. The van der Waals surface area contributed by atoms with E-state index >= 15 is 0 Å². The fraction of sp³-hybridized carbons (Fsp3) is 0.0800. The van der Waals surface area contributed by atoms with Crippen LogP contribution in [0.15, 0.2) is 82.0 Å². The zero-order valence-electron chi connectivity index (χ0n) is 15.9. The van der Waals surface area contributed by atoms with Gasteiger partial charge in [0.1, 0.15) is 11.1 Å². The van der Waals surface area contributed by atoms with Gasteiger partial charge in [0.05, 0.1) is 0 Å². The Hall–Kier alpha value is -3.99.